The van der Waals surface area contributed by atoms with Gasteiger partial charge in [0, 0.05) is 5.69 Å². The fourth-order valence-electron chi connectivity index (χ4n) is 1.36. The lowest BCUT2D eigenvalue weighted by atomic mass is 10.1. The Balaban J connectivity index is 2.98. The van der Waals surface area contributed by atoms with Crippen LogP contribution in [0.4, 0.5) is 5.69 Å². The van der Waals surface area contributed by atoms with Crippen LogP contribution in [0.2, 0.25) is 0 Å². The molecule has 3 N–H and O–H groups in total. The summed E-state index contributed by atoms with van der Waals surface area (Å²) in [7, 11) is -3.51. The van der Waals surface area contributed by atoms with Gasteiger partial charge in [-0.2, -0.15) is 4.72 Å². The number of sulfonamides is 1. The number of rotatable bonds is 4. The summed E-state index contributed by atoms with van der Waals surface area (Å²) in [5.74, 6) is 5.26. The topological polar surface area (TPSA) is 72.2 Å². The van der Waals surface area contributed by atoms with Gasteiger partial charge in [-0.1, -0.05) is 18.9 Å². The zero-order valence-corrected chi connectivity index (χ0v) is 10.8. The number of benzene rings is 1. The molecule has 1 rings (SSSR count). The highest BCUT2D eigenvalue weighted by molar-refractivity contribution is 7.89. The van der Waals surface area contributed by atoms with Gasteiger partial charge in [0.25, 0.3) is 0 Å². The molecule has 0 saturated heterocycles. The van der Waals surface area contributed by atoms with E-state index in [1.54, 1.807) is 19.1 Å². The molecule has 0 aliphatic carbocycles. The van der Waals surface area contributed by atoms with Crippen molar-refractivity contribution < 1.29 is 8.42 Å². The molecule has 5 heteroatoms. The molecule has 92 valence electrons. The van der Waals surface area contributed by atoms with E-state index in [-0.39, 0.29) is 11.4 Å². The van der Waals surface area contributed by atoms with Crippen LogP contribution in [-0.4, -0.2) is 15.0 Å². The smallest absolute Gasteiger partial charge is 0.241 e. The predicted octanol–water partition coefficient (Wildman–Crippen LogP) is 1.13. The van der Waals surface area contributed by atoms with Crippen LogP contribution < -0.4 is 10.5 Å². The van der Waals surface area contributed by atoms with Gasteiger partial charge in [-0.15, -0.1) is 5.92 Å². The van der Waals surface area contributed by atoms with Gasteiger partial charge in [0.1, 0.15) is 0 Å². The van der Waals surface area contributed by atoms with Crippen LogP contribution in [0.15, 0.2) is 23.1 Å². The number of nitrogens with one attached hydrogen (secondary N) is 1. The first-order chi connectivity index (χ1) is 8.01. The number of nitrogens with two attached hydrogens (primary N) is 1. The molecular formula is C12H16N2O2S. The normalized spacial score (nSPS) is 10.7. The van der Waals surface area contributed by atoms with Crippen molar-refractivity contribution in [3.8, 4) is 11.8 Å². The van der Waals surface area contributed by atoms with Gasteiger partial charge in [-0.25, -0.2) is 8.42 Å². The van der Waals surface area contributed by atoms with Gasteiger partial charge in [0.15, 0.2) is 0 Å². The number of nitrogen functional groups attached to an aromatic ring is 1. The molecule has 0 saturated carbocycles. The maximum Gasteiger partial charge on any atom is 0.241 e. The molecule has 0 spiro atoms. The van der Waals surface area contributed by atoms with Crippen LogP contribution in [0.3, 0.4) is 0 Å². The highest BCUT2D eigenvalue weighted by Gasteiger charge is 2.13. The molecule has 4 nitrogen and oxygen atoms in total. The first kappa shape index (κ1) is 13.6. The SMILES string of the molecule is CC#CCNS(=O)(=O)c1ccc(CC)c(N)c1. The number of anilines is 1. The molecule has 0 radical (unpaired) electrons. The summed E-state index contributed by atoms with van der Waals surface area (Å²) in [6.45, 7) is 3.73. The van der Waals surface area contributed by atoms with Crippen LogP contribution in [0.25, 0.3) is 0 Å². The van der Waals surface area contributed by atoms with Crippen molar-refractivity contribution >= 4 is 15.7 Å². The zero-order chi connectivity index (χ0) is 12.9. The first-order valence-corrected chi connectivity index (χ1v) is 6.77. The molecule has 0 unspecified atom stereocenters. The van der Waals surface area contributed by atoms with Crippen molar-refractivity contribution in [3.63, 3.8) is 0 Å². The third kappa shape index (κ3) is 3.48. The minimum atomic E-state index is -3.51. The lowest BCUT2D eigenvalue weighted by molar-refractivity contribution is 0.586. The monoisotopic (exact) mass is 252 g/mol. The number of hydrogen-bond donors (Lipinski definition) is 2. The molecule has 0 aromatic heterocycles. The standard InChI is InChI=1S/C12H16N2O2S/c1-3-5-8-14-17(15,16)11-7-6-10(4-2)12(13)9-11/h6-7,9,14H,4,8,13H2,1-2H3. The molecule has 0 fully saturated rings. The third-order valence-corrected chi connectivity index (χ3v) is 3.73. The summed E-state index contributed by atoms with van der Waals surface area (Å²) < 4.78 is 26.0. The summed E-state index contributed by atoms with van der Waals surface area (Å²) in [6.07, 6.45) is 0.779. The quantitative estimate of drug-likeness (QED) is 0.623. The van der Waals surface area contributed by atoms with Crippen LogP contribution >= 0.6 is 0 Å². The van der Waals surface area contributed by atoms with Gasteiger partial charge < -0.3 is 5.73 Å². The largest absolute Gasteiger partial charge is 0.398 e. The van der Waals surface area contributed by atoms with Crippen LogP contribution in [-0.2, 0) is 16.4 Å². The van der Waals surface area contributed by atoms with E-state index in [1.165, 1.54) is 6.07 Å². The lowest BCUT2D eigenvalue weighted by Gasteiger charge is -2.07. The highest BCUT2D eigenvalue weighted by Crippen LogP contribution is 2.18. The second-order valence-corrected chi connectivity index (χ2v) is 5.23. The minimum absolute atomic E-state index is 0.105. The second kappa shape index (κ2) is 5.71. The number of aryl methyl sites for hydroxylation is 1. The second-order valence-electron chi connectivity index (χ2n) is 3.47. The van der Waals surface area contributed by atoms with E-state index in [0.29, 0.717) is 5.69 Å². The molecule has 1 aromatic carbocycles. The molecule has 1 aromatic rings. The van der Waals surface area contributed by atoms with E-state index < -0.39 is 10.0 Å². The van der Waals surface area contributed by atoms with Gasteiger partial charge in [0.2, 0.25) is 10.0 Å². The summed E-state index contributed by atoms with van der Waals surface area (Å²) in [6, 6.07) is 4.76. The average Bonchev–Trinajstić information content (AvgIpc) is 2.29. The zero-order valence-electron chi connectivity index (χ0n) is 9.95. The van der Waals surface area contributed by atoms with Crippen molar-refractivity contribution in [2.45, 2.75) is 25.2 Å². The molecule has 17 heavy (non-hydrogen) atoms. The summed E-state index contributed by atoms with van der Waals surface area (Å²) in [5, 5.41) is 0. The molecule has 0 aliphatic rings. The van der Waals surface area contributed by atoms with E-state index in [9.17, 15) is 8.42 Å². The first-order valence-electron chi connectivity index (χ1n) is 5.29. The molecule has 0 amide bonds. The van der Waals surface area contributed by atoms with Crippen LogP contribution in [0.5, 0.6) is 0 Å². The van der Waals surface area contributed by atoms with Gasteiger partial charge in [0.05, 0.1) is 11.4 Å². The van der Waals surface area contributed by atoms with Crippen molar-refractivity contribution in [2.75, 3.05) is 12.3 Å². The van der Waals surface area contributed by atoms with Gasteiger partial charge in [-0.3, -0.25) is 0 Å². The highest BCUT2D eigenvalue weighted by atomic mass is 32.2. The summed E-state index contributed by atoms with van der Waals surface area (Å²) >= 11 is 0. The maximum absolute atomic E-state index is 11.8. The fraction of sp³-hybridized carbons (Fsp3) is 0.333. The molecule has 0 aliphatic heterocycles. The fourth-order valence-corrected chi connectivity index (χ4v) is 2.32. The van der Waals surface area contributed by atoms with E-state index in [0.717, 1.165) is 12.0 Å². The van der Waals surface area contributed by atoms with Crippen LogP contribution in [0, 0.1) is 11.8 Å². The average molecular weight is 252 g/mol. The van der Waals surface area contributed by atoms with E-state index >= 15 is 0 Å². The Morgan fingerprint density at radius 3 is 2.65 bits per heavy atom. The Hall–Kier alpha value is -1.51. The Kier molecular flexibility index (Phi) is 4.55. The number of hydrogen-bond acceptors (Lipinski definition) is 3. The summed E-state index contributed by atoms with van der Waals surface area (Å²) in [5.41, 5.74) is 7.20. The van der Waals surface area contributed by atoms with Crippen LogP contribution in [0.1, 0.15) is 19.4 Å². The summed E-state index contributed by atoms with van der Waals surface area (Å²) in [4.78, 5) is 0.171. The van der Waals surface area contributed by atoms with E-state index in [1.807, 2.05) is 6.92 Å². The minimum Gasteiger partial charge on any atom is -0.398 e. The van der Waals surface area contributed by atoms with Crippen molar-refractivity contribution in [1.82, 2.24) is 4.72 Å². The van der Waals surface area contributed by atoms with Crippen molar-refractivity contribution in [1.29, 1.82) is 0 Å². The predicted molar refractivity (Wildman–Crippen MR) is 68.9 cm³/mol. The van der Waals surface area contributed by atoms with E-state index in [2.05, 4.69) is 16.6 Å². The van der Waals surface area contributed by atoms with Gasteiger partial charge >= 0.3 is 0 Å². The van der Waals surface area contributed by atoms with E-state index in [4.69, 9.17) is 5.73 Å². The van der Waals surface area contributed by atoms with Crippen molar-refractivity contribution in [3.05, 3.63) is 23.8 Å². The Labute approximate surface area is 102 Å². The third-order valence-electron chi connectivity index (χ3n) is 2.34. The molecule has 0 heterocycles. The Bertz CT molecular complexity index is 554. The maximum atomic E-state index is 11.8. The Morgan fingerprint density at radius 1 is 1.41 bits per heavy atom. The lowest BCUT2D eigenvalue weighted by Crippen LogP contribution is -2.24. The van der Waals surface area contributed by atoms with Crippen molar-refractivity contribution in [2.24, 2.45) is 0 Å². The molecular weight excluding hydrogens is 236 g/mol. The molecule has 0 atom stereocenters. The van der Waals surface area contributed by atoms with Gasteiger partial charge in [-0.05, 0) is 31.0 Å². The molecule has 0 bridgehead atoms. The Morgan fingerprint density at radius 2 is 2.12 bits per heavy atom.